The Balaban J connectivity index is 1.59. The number of halogens is 2. The summed E-state index contributed by atoms with van der Waals surface area (Å²) in [5, 5.41) is 21.8. The third-order valence-electron chi connectivity index (χ3n) is 5.31. The monoisotopic (exact) mass is 559 g/mol. The Morgan fingerprint density at radius 3 is 2.42 bits per heavy atom. The zero-order valence-corrected chi connectivity index (χ0v) is 20.8. The van der Waals surface area contributed by atoms with Gasteiger partial charge in [-0.15, -0.1) is 0 Å². The van der Waals surface area contributed by atoms with Gasteiger partial charge in [0.05, 0.1) is 34.5 Å². The predicted octanol–water partition coefficient (Wildman–Crippen LogP) is 6.33. The number of hydrogen-bond donors (Lipinski definition) is 0. The van der Waals surface area contributed by atoms with E-state index in [1.807, 2.05) is 0 Å². The number of carbonyl (C=O) groups is 2. The van der Waals surface area contributed by atoms with E-state index in [1.165, 1.54) is 49.6 Å². The lowest BCUT2D eigenvalue weighted by Crippen LogP contribution is -2.28. The van der Waals surface area contributed by atoms with E-state index in [0.29, 0.717) is 17.3 Å². The number of nitro groups is 2. The minimum atomic E-state index is -0.812. The number of ether oxygens (including phenoxy) is 2. The standard InChI is InChI=1S/C24H15ClFN3O8S/c1-36-21-9-13(5-7-20(21)37-19-8-6-14(28(32)33)11-18(19)29(34)35)10-22-23(30)27(24(31)38-22)12-15-16(25)3-2-4-17(15)26/h2-11H,12H2,1H3/b22-10-. The first-order chi connectivity index (χ1) is 18.1. The van der Waals surface area contributed by atoms with E-state index in [1.54, 1.807) is 0 Å². The second-order valence-corrected chi connectivity index (χ2v) is 9.05. The molecule has 1 aliphatic rings. The van der Waals surface area contributed by atoms with Gasteiger partial charge in [0.25, 0.3) is 16.8 Å². The van der Waals surface area contributed by atoms with Crippen molar-refractivity contribution in [2.75, 3.05) is 7.11 Å². The molecule has 3 aromatic rings. The minimum absolute atomic E-state index is 0.0150. The molecule has 0 aliphatic carbocycles. The molecule has 0 bridgehead atoms. The maximum Gasteiger partial charge on any atom is 0.318 e. The molecule has 0 N–H and O–H groups in total. The maximum absolute atomic E-state index is 14.2. The van der Waals surface area contributed by atoms with Gasteiger partial charge in [0.15, 0.2) is 11.5 Å². The highest BCUT2D eigenvalue weighted by molar-refractivity contribution is 8.18. The Kier molecular flexibility index (Phi) is 7.60. The van der Waals surface area contributed by atoms with Crippen molar-refractivity contribution < 1.29 is 33.3 Å². The third-order valence-corrected chi connectivity index (χ3v) is 6.57. The fraction of sp³-hybridized carbons (Fsp3) is 0.0833. The van der Waals surface area contributed by atoms with Gasteiger partial charge in [-0.3, -0.25) is 34.7 Å². The molecule has 1 heterocycles. The summed E-state index contributed by atoms with van der Waals surface area (Å²) in [6.45, 7) is -0.336. The van der Waals surface area contributed by atoms with Crippen LogP contribution in [0.15, 0.2) is 59.5 Å². The van der Waals surface area contributed by atoms with Crippen LogP contribution >= 0.6 is 23.4 Å². The molecule has 11 nitrogen and oxygen atoms in total. The van der Waals surface area contributed by atoms with E-state index in [4.69, 9.17) is 21.1 Å². The van der Waals surface area contributed by atoms with Gasteiger partial charge < -0.3 is 9.47 Å². The molecule has 0 saturated carbocycles. The molecule has 194 valence electrons. The molecule has 1 saturated heterocycles. The SMILES string of the molecule is COc1cc(/C=C2\SC(=O)N(Cc3c(F)cccc3Cl)C2=O)ccc1Oc1ccc([N+](=O)[O-])cc1[N+](=O)[O-]. The summed E-state index contributed by atoms with van der Waals surface area (Å²) in [7, 11) is 1.32. The van der Waals surface area contributed by atoms with Crippen LogP contribution in [0.25, 0.3) is 6.08 Å². The number of amides is 2. The van der Waals surface area contributed by atoms with Gasteiger partial charge in [-0.25, -0.2) is 4.39 Å². The molecule has 4 rings (SSSR count). The van der Waals surface area contributed by atoms with Crippen LogP contribution < -0.4 is 9.47 Å². The lowest BCUT2D eigenvalue weighted by molar-refractivity contribution is -0.394. The molecule has 0 atom stereocenters. The van der Waals surface area contributed by atoms with Gasteiger partial charge in [-0.05, 0) is 53.7 Å². The van der Waals surface area contributed by atoms with Gasteiger partial charge in [0, 0.05) is 16.7 Å². The van der Waals surface area contributed by atoms with Crippen molar-refractivity contribution in [2.24, 2.45) is 0 Å². The first kappa shape index (κ1) is 26.6. The number of thioether (sulfide) groups is 1. The van der Waals surface area contributed by atoms with Crippen LogP contribution in [0, 0.1) is 26.0 Å². The summed E-state index contributed by atoms with van der Waals surface area (Å²) in [5.74, 6) is -1.35. The molecule has 1 fully saturated rings. The Hall–Kier alpha value is -4.49. The number of hydrogen-bond acceptors (Lipinski definition) is 9. The first-order valence-corrected chi connectivity index (χ1v) is 11.8. The molecule has 2 amide bonds. The summed E-state index contributed by atoms with van der Waals surface area (Å²) in [5.41, 5.74) is -0.644. The Morgan fingerprint density at radius 2 is 1.76 bits per heavy atom. The quantitative estimate of drug-likeness (QED) is 0.175. The predicted molar refractivity (Wildman–Crippen MR) is 136 cm³/mol. The van der Waals surface area contributed by atoms with Gasteiger partial charge in [0.2, 0.25) is 5.75 Å². The number of methoxy groups -OCH3 is 1. The fourth-order valence-corrected chi connectivity index (χ4v) is 4.52. The number of nitrogens with zero attached hydrogens (tertiary/aromatic N) is 3. The van der Waals surface area contributed by atoms with Crippen molar-refractivity contribution in [1.29, 1.82) is 0 Å². The number of benzene rings is 3. The van der Waals surface area contributed by atoms with Crippen LogP contribution in [0.5, 0.6) is 17.2 Å². The van der Waals surface area contributed by atoms with Crippen LogP contribution in [0.3, 0.4) is 0 Å². The number of carbonyl (C=O) groups excluding carboxylic acids is 2. The molecule has 0 spiro atoms. The van der Waals surface area contributed by atoms with Crippen LogP contribution in [0.1, 0.15) is 11.1 Å². The maximum atomic E-state index is 14.2. The topological polar surface area (TPSA) is 142 Å². The zero-order chi connectivity index (χ0) is 27.6. The van der Waals surface area contributed by atoms with Crippen LogP contribution in [0.2, 0.25) is 5.02 Å². The Morgan fingerprint density at radius 1 is 1.03 bits per heavy atom. The average molecular weight is 560 g/mol. The zero-order valence-electron chi connectivity index (χ0n) is 19.3. The van der Waals surface area contributed by atoms with Crippen LogP contribution in [0.4, 0.5) is 20.6 Å². The van der Waals surface area contributed by atoms with Crippen molar-refractivity contribution in [2.45, 2.75) is 6.54 Å². The van der Waals surface area contributed by atoms with Crippen molar-refractivity contribution >= 4 is 52.0 Å². The smallest absolute Gasteiger partial charge is 0.318 e. The number of nitro benzene ring substituents is 2. The first-order valence-electron chi connectivity index (χ1n) is 10.6. The highest BCUT2D eigenvalue weighted by Gasteiger charge is 2.36. The van der Waals surface area contributed by atoms with Crippen molar-refractivity contribution in [3.63, 3.8) is 0 Å². The number of imide groups is 1. The van der Waals surface area contributed by atoms with E-state index < -0.39 is 38.2 Å². The molecular formula is C24H15ClFN3O8S. The number of rotatable bonds is 8. The Labute approximate surface area is 222 Å². The summed E-state index contributed by atoms with van der Waals surface area (Å²) >= 11 is 6.69. The second kappa shape index (κ2) is 10.9. The van der Waals surface area contributed by atoms with Crippen molar-refractivity contribution in [1.82, 2.24) is 4.90 Å². The third kappa shape index (κ3) is 5.43. The highest BCUT2D eigenvalue weighted by atomic mass is 35.5. The van der Waals surface area contributed by atoms with Gasteiger partial charge in [0.1, 0.15) is 5.82 Å². The van der Waals surface area contributed by atoms with Crippen molar-refractivity contribution in [3.05, 3.63) is 102 Å². The van der Waals surface area contributed by atoms with Gasteiger partial charge in [-0.2, -0.15) is 0 Å². The van der Waals surface area contributed by atoms with Crippen LogP contribution in [-0.4, -0.2) is 33.0 Å². The van der Waals surface area contributed by atoms with E-state index in [9.17, 15) is 34.2 Å². The second-order valence-electron chi connectivity index (χ2n) is 7.65. The minimum Gasteiger partial charge on any atom is -0.493 e. The molecule has 0 aromatic heterocycles. The molecule has 14 heteroatoms. The van der Waals surface area contributed by atoms with E-state index >= 15 is 0 Å². The van der Waals surface area contributed by atoms with Gasteiger partial charge >= 0.3 is 5.69 Å². The summed E-state index contributed by atoms with van der Waals surface area (Å²) in [6.07, 6.45) is 1.43. The molecular weight excluding hydrogens is 545 g/mol. The Bertz CT molecular complexity index is 1510. The summed E-state index contributed by atoms with van der Waals surface area (Å²) in [4.78, 5) is 47.1. The highest BCUT2D eigenvalue weighted by Crippen LogP contribution is 2.40. The van der Waals surface area contributed by atoms with Crippen LogP contribution in [-0.2, 0) is 11.3 Å². The van der Waals surface area contributed by atoms with Crippen molar-refractivity contribution in [3.8, 4) is 17.2 Å². The molecule has 3 aromatic carbocycles. The largest absolute Gasteiger partial charge is 0.493 e. The molecule has 1 aliphatic heterocycles. The van der Waals surface area contributed by atoms with E-state index in [0.717, 1.165) is 23.1 Å². The normalized spacial score (nSPS) is 14.2. The summed E-state index contributed by atoms with van der Waals surface area (Å²) in [6, 6.07) is 11.4. The molecule has 0 radical (unpaired) electrons. The number of non-ortho nitro benzene ring substituents is 1. The van der Waals surface area contributed by atoms with E-state index in [2.05, 4.69) is 0 Å². The molecule has 38 heavy (non-hydrogen) atoms. The van der Waals surface area contributed by atoms with E-state index in [-0.39, 0.29) is 39.3 Å². The lowest BCUT2D eigenvalue weighted by Gasteiger charge is -2.14. The summed E-state index contributed by atoms with van der Waals surface area (Å²) < 4.78 is 25.1. The lowest BCUT2D eigenvalue weighted by atomic mass is 10.1. The average Bonchev–Trinajstić information content (AvgIpc) is 3.14. The van der Waals surface area contributed by atoms with Gasteiger partial charge in [-0.1, -0.05) is 23.7 Å². The molecule has 0 unspecified atom stereocenters. The fourth-order valence-electron chi connectivity index (χ4n) is 3.45.